The van der Waals surface area contributed by atoms with Gasteiger partial charge in [-0.05, 0) is 30.3 Å². The number of hydrogen-bond acceptors (Lipinski definition) is 5. The Morgan fingerprint density at radius 3 is 2.54 bits per heavy atom. The molecule has 1 heterocycles. The molecular weight excluding hydrogens is 376 g/mol. The summed E-state index contributed by atoms with van der Waals surface area (Å²) in [5.41, 5.74) is 1.46. The Labute approximate surface area is 157 Å². The zero-order chi connectivity index (χ0) is 18.7. The highest BCUT2D eigenvalue weighted by Gasteiger charge is 2.21. The van der Waals surface area contributed by atoms with Gasteiger partial charge in [0.25, 0.3) is 5.91 Å². The maximum atomic E-state index is 12.8. The Kier molecular flexibility index (Phi) is 5.50. The van der Waals surface area contributed by atoms with E-state index in [1.807, 2.05) is 6.07 Å². The molecule has 0 spiro atoms. The number of ether oxygens (including phenoxy) is 1. The summed E-state index contributed by atoms with van der Waals surface area (Å²) >= 11 is 6.10. The topological polar surface area (TPSA) is 75.7 Å². The first-order chi connectivity index (χ1) is 12.4. The summed E-state index contributed by atoms with van der Waals surface area (Å²) in [5, 5.41) is 3.29. The molecule has 138 valence electrons. The van der Waals surface area contributed by atoms with Gasteiger partial charge in [0, 0.05) is 24.4 Å². The minimum absolute atomic E-state index is 0.00699. The van der Waals surface area contributed by atoms with Crippen LogP contribution in [0, 0.1) is 0 Å². The summed E-state index contributed by atoms with van der Waals surface area (Å²) in [6.45, 7) is 2.61. The van der Waals surface area contributed by atoms with E-state index in [2.05, 4.69) is 10.2 Å². The monoisotopic (exact) mass is 394 g/mol. The van der Waals surface area contributed by atoms with Crippen LogP contribution in [0.4, 0.5) is 11.4 Å². The number of nitrogens with one attached hydrogen (secondary N) is 1. The highest BCUT2D eigenvalue weighted by molar-refractivity contribution is 7.90. The molecule has 26 heavy (non-hydrogen) atoms. The van der Waals surface area contributed by atoms with Crippen LogP contribution < -0.4 is 10.2 Å². The average molecular weight is 395 g/mol. The normalized spacial score (nSPS) is 14.9. The van der Waals surface area contributed by atoms with Crippen LogP contribution in [0.5, 0.6) is 0 Å². The lowest BCUT2D eigenvalue weighted by Crippen LogP contribution is -2.36. The predicted octanol–water partition coefficient (Wildman–Crippen LogP) is 2.83. The third-order valence-electron chi connectivity index (χ3n) is 4.09. The van der Waals surface area contributed by atoms with Crippen molar-refractivity contribution in [2.45, 2.75) is 4.90 Å². The van der Waals surface area contributed by atoms with E-state index in [0.29, 0.717) is 37.0 Å². The van der Waals surface area contributed by atoms with Crippen molar-refractivity contribution in [1.82, 2.24) is 0 Å². The Morgan fingerprint density at radius 1 is 1.15 bits per heavy atom. The van der Waals surface area contributed by atoms with Gasteiger partial charge < -0.3 is 15.0 Å². The zero-order valence-electron chi connectivity index (χ0n) is 14.2. The van der Waals surface area contributed by atoms with E-state index in [9.17, 15) is 13.2 Å². The van der Waals surface area contributed by atoms with Crippen LogP contribution in [0.2, 0.25) is 5.02 Å². The van der Waals surface area contributed by atoms with Gasteiger partial charge in [-0.15, -0.1) is 0 Å². The van der Waals surface area contributed by atoms with E-state index in [-0.39, 0.29) is 10.5 Å². The van der Waals surface area contributed by atoms with Crippen molar-refractivity contribution >= 4 is 38.7 Å². The summed E-state index contributed by atoms with van der Waals surface area (Å²) in [4.78, 5) is 14.9. The molecule has 1 amide bonds. The molecule has 0 unspecified atom stereocenters. The van der Waals surface area contributed by atoms with Crippen molar-refractivity contribution in [3.05, 3.63) is 53.1 Å². The third-order valence-corrected chi connectivity index (χ3v) is 5.48. The lowest BCUT2D eigenvalue weighted by atomic mass is 10.2. The van der Waals surface area contributed by atoms with E-state index < -0.39 is 15.7 Å². The molecule has 8 heteroatoms. The first kappa shape index (κ1) is 18.7. The number of halogens is 1. The van der Waals surface area contributed by atoms with Crippen molar-refractivity contribution in [3.63, 3.8) is 0 Å². The van der Waals surface area contributed by atoms with Gasteiger partial charge >= 0.3 is 0 Å². The van der Waals surface area contributed by atoms with Crippen molar-refractivity contribution in [3.8, 4) is 0 Å². The van der Waals surface area contributed by atoms with Crippen molar-refractivity contribution in [2.75, 3.05) is 42.8 Å². The summed E-state index contributed by atoms with van der Waals surface area (Å²) in [6.07, 6.45) is 1.08. The minimum atomic E-state index is -3.52. The van der Waals surface area contributed by atoms with Crippen molar-refractivity contribution in [1.29, 1.82) is 0 Å². The van der Waals surface area contributed by atoms with E-state index >= 15 is 0 Å². The van der Waals surface area contributed by atoms with Gasteiger partial charge in [0.15, 0.2) is 9.84 Å². The quantitative estimate of drug-likeness (QED) is 0.862. The summed E-state index contributed by atoms with van der Waals surface area (Å²) in [6, 6.07) is 11.4. The van der Waals surface area contributed by atoms with Crippen molar-refractivity contribution < 1.29 is 17.9 Å². The predicted molar refractivity (Wildman–Crippen MR) is 102 cm³/mol. The number of hydrogen-bond donors (Lipinski definition) is 1. The van der Waals surface area contributed by atoms with Crippen LogP contribution in [0.25, 0.3) is 0 Å². The Hall–Kier alpha value is -2.09. The number of sulfone groups is 1. The number of benzene rings is 2. The highest BCUT2D eigenvalue weighted by atomic mass is 35.5. The number of amides is 1. The van der Waals surface area contributed by atoms with Gasteiger partial charge in [0.1, 0.15) is 0 Å². The fraction of sp³-hybridized carbons (Fsp3) is 0.278. The molecule has 0 radical (unpaired) electrons. The van der Waals surface area contributed by atoms with E-state index in [1.54, 1.807) is 24.3 Å². The van der Waals surface area contributed by atoms with Gasteiger partial charge in [0.05, 0.1) is 35.0 Å². The molecule has 0 aliphatic carbocycles. The van der Waals surface area contributed by atoms with Gasteiger partial charge in [-0.3, -0.25) is 4.79 Å². The number of rotatable bonds is 4. The van der Waals surface area contributed by atoms with E-state index in [4.69, 9.17) is 16.3 Å². The standard InChI is InChI=1S/C18H19ClN2O4S/c1-26(23,24)17-5-3-2-4-14(17)18(22)20-15-12-13(19)6-7-16(15)21-8-10-25-11-9-21/h2-7,12H,8-11H2,1H3,(H,20,22). The van der Waals surface area contributed by atoms with E-state index in [1.165, 1.54) is 12.1 Å². The van der Waals surface area contributed by atoms with Gasteiger partial charge in [0.2, 0.25) is 0 Å². The molecule has 1 saturated heterocycles. The SMILES string of the molecule is CS(=O)(=O)c1ccccc1C(=O)Nc1cc(Cl)ccc1N1CCOCC1. The summed E-state index contributed by atoms with van der Waals surface area (Å²) < 4.78 is 29.3. The van der Waals surface area contributed by atoms with Gasteiger partial charge in [-0.2, -0.15) is 0 Å². The fourth-order valence-electron chi connectivity index (χ4n) is 2.86. The molecule has 0 saturated carbocycles. The summed E-state index contributed by atoms with van der Waals surface area (Å²) in [5.74, 6) is -0.497. The molecule has 1 fully saturated rings. The molecule has 2 aromatic rings. The number of carbonyl (C=O) groups excluding carboxylic acids is 1. The molecule has 1 aliphatic rings. The van der Waals surface area contributed by atoms with Gasteiger partial charge in [-0.1, -0.05) is 23.7 Å². The molecule has 6 nitrogen and oxygen atoms in total. The molecular formula is C18H19ClN2O4S. The van der Waals surface area contributed by atoms with E-state index in [0.717, 1.165) is 11.9 Å². The summed E-state index contributed by atoms with van der Waals surface area (Å²) in [7, 11) is -3.52. The van der Waals surface area contributed by atoms with Crippen LogP contribution in [0.1, 0.15) is 10.4 Å². The lowest BCUT2D eigenvalue weighted by molar-refractivity contribution is 0.102. The number of anilines is 2. The Bertz CT molecular complexity index is 925. The second-order valence-corrected chi connectivity index (χ2v) is 8.40. The molecule has 0 aromatic heterocycles. The molecule has 0 bridgehead atoms. The van der Waals surface area contributed by atoms with Crippen LogP contribution in [-0.2, 0) is 14.6 Å². The third kappa shape index (κ3) is 4.17. The molecule has 3 rings (SSSR count). The maximum absolute atomic E-state index is 12.8. The van der Waals surface area contributed by atoms with Gasteiger partial charge in [-0.25, -0.2) is 8.42 Å². The number of nitrogens with zero attached hydrogens (tertiary/aromatic N) is 1. The van der Waals surface area contributed by atoms with Crippen LogP contribution in [0.15, 0.2) is 47.4 Å². The first-order valence-electron chi connectivity index (χ1n) is 8.09. The van der Waals surface area contributed by atoms with Crippen LogP contribution >= 0.6 is 11.6 Å². The average Bonchev–Trinajstić information content (AvgIpc) is 2.62. The Morgan fingerprint density at radius 2 is 1.85 bits per heavy atom. The number of morpholine rings is 1. The molecule has 1 aliphatic heterocycles. The smallest absolute Gasteiger partial charge is 0.257 e. The minimum Gasteiger partial charge on any atom is -0.378 e. The molecule has 2 aromatic carbocycles. The second-order valence-electron chi connectivity index (χ2n) is 5.98. The van der Waals surface area contributed by atoms with Crippen LogP contribution in [-0.4, -0.2) is 46.9 Å². The highest BCUT2D eigenvalue weighted by Crippen LogP contribution is 2.30. The first-order valence-corrected chi connectivity index (χ1v) is 10.4. The Balaban J connectivity index is 1.94. The maximum Gasteiger partial charge on any atom is 0.257 e. The van der Waals surface area contributed by atoms with Crippen molar-refractivity contribution in [2.24, 2.45) is 0 Å². The molecule has 0 atom stereocenters. The largest absolute Gasteiger partial charge is 0.378 e. The zero-order valence-corrected chi connectivity index (χ0v) is 15.8. The van der Waals surface area contributed by atoms with Crippen LogP contribution in [0.3, 0.4) is 0 Å². The molecule has 1 N–H and O–H groups in total. The fourth-order valence-corrected chi connectivity index (χ4v) is 3.91. The second kappa shape index (κ2) is 7.65. The number of carbonyl (C=O) groups is 1. The lowest BCUT2D eigenvalue weighted by Gasteiger charge is -2.30.